The molecule has 0 spiro atoms. The minimum Gasteiger partial charge on any atom is -0.387 e. The van der Waals surface area contributed by atoms with Gasteiger partial charge in [-0.25, -0.2) is 40.9 Å². The largest absolute Gasteiger partial charge is 0.481 e. The summed E-state index contributed by atoms with van der Waals surface area (Å²) in [6.45, 7) is 2.31. The van der Waals surface area contributed by atoms with Crippen LogP contribution in [-0.2, 0) is 42.4 Å². The van der Waals surface area contributed by atoms with Crippen molar-refractivity contribution in [3.8, 4) is 0 Å². The van der Waals surface area contributed by atoms with Gasteiger partial charge in [-0.1, -0.05) is 31.2 Å². The van der Waals surface area contributed by atoms with Crippen LogP contribution in [0.25, 0.3) is 11.2 Å². The molecule has 1 saturated heterocycles. The molecule has 0 aliphatic carbocycles. The van der Waals surface area contributed by atoms with E-state index >= 15 is 0 Å². The van der Waals surface area contributed by atoms with E-state index in [1.165, 1.54) is 4.57 Å². The van der Waals surface area contributed by atoms with Gasteiger partial charge in [0.05, 0.1) is 23.9 Å². The molecule has 3 rings (SSSR count). The number of hydrogen-bond donors (Lipinski definition) is 6. The number of nitrogen functional groups attached to an aromatic ring is 1. The number of sulfone groups is 2. The number of hydrogen-bond acceptors (Lipinski definition) is 16. The second-order valence-electron chi connectivity index (χ2n) is 9.53. The lowest BCUT2D eigenvalue weighted by molar-refractivity contribution is -0.0540. The average molecular weight is 726 g/mol. The second kappa shape index (κ2) is 14.9. The molecule has 2 aromatic rings. The van der Waals surface area contributed by atoms with Crippen molar-refractivity contribution in [2.45, 2.75) is 55.4 Å². The first-order chi connectivity index (χ1) is 20.3. The van der Waals surface area contributed by atoms with Crippen LogP contribution in [0.4, 0.5) is 5.82 Å². The summed E-state index contributed by atoms with van der Waals surface area (Å²) >= 11 is 0.954. The molecule has 5 atom stereocenters. The first-order valence-electron chi connectivity index (χ1n) is 12.8. The molecular formula is C20H33N5O14P2S3. The molecule has 7 N–H and O–H groups in total. The van der Waals surface area contributed by atoms with Crippen LogP contribution in [0.2, 0.25) is 0 Å². The number of phosphoric acid groups is 2. The Morgan fingerprint density at radius 3 is 2.34 bits per heavy atom. The highest BCUT2D eigenvalue weighted by Gasteiger charge is 2.47. The van der Waals surface area contributed by atoms with Gasteiger partial charge in [-0.2, -0.15) is 4.31 Å². The molecule has 0 aromatic carbocycles. The van der Waals surface area contributed by atoms with Gasteiger partial charge in [-0.3, -0.25) is 9.09 Å². The van der Waals surface area contributed by atoms with Crippen molar-refractivity contribution in [2.75, 3.05) is 35.4 Å². The van der Waals surface area contributed by atoms with Crippen LogP contribution in [0, 0.1) is 0 Å². The third-order valence-corrected chi connectivity index (χ3v) is 12.7. The quantitative estimate of drug-likeness (QED) is 0.0663. The minimum atomic E-state index is -5.41. The predicted octanol–water partition coefficient (Wildman–Crippen LogP) is -0.120. The van der Waals surface area contributed by atoms with E-state index in [-0.39, 0.29) is 45.1 Å². The second-order valence-corrected chi connectivity index (χ2v) is 17.8. The number of ether oxygens (including phenoxy) is 1. The van der Waals surface area contributed by atoms with Gasteiger partial charge in [0, 0.05) is 11.2 Å². The van der Waals surface area contributed by atoms with E-state index in [1.54, 1.807) is 0 Å². The Morgan fingerprint density at radius 2 is 1.70 bits per heavy atom. The van der Waals surface area contributed by atoms with Crippen LogP contribution in [0.5, 0.6) is 0 Å². The maximum absolute atomic E-state index is 12.6. The normalized spacial score (nSPS) is 22.8. The monoisotopic (exact) mass is 725 g/mol. The van der Waals surface area contributed by atoms with Crippen molar-refractivity contribution >= 4 is 64.1 Å². The summed E-state index contributed by atoms with van der Waals surface area (Å²) in [5.74, 6) is -0.469. The molecule has 1 aliphatic heterocycles. The van der Waals surface area contributed by atoms with E-state index in [0.29, 0.717) is 25.7 Å². The topological polar surface area (TPSA) is 301 Å². The molecule has 0 saturated carbocycles. The third-order valence-electron chi connectivity index (χ3n) is 6.19. The predicted molar refractivity (Wildman–Crippen MR) is 156 cm³/mol. The van der Waals surface area contributed by atoms with Gasteiger partial charge in [-0.05, 0) is 12.8 Å². The Balaban J connectivity index is 1.67. The lowest BCUT2D eigenvalue weighted by Crippen LogP contribution is -2.33. The summed E-state index contributed by atoms with van der Waals surface area (Å²) in [5.41, 5.74) is 6.04. The van der Waals surface area contributed by atoms with Crippen molar-refractivity contribution in [2.24, 2.45) is 0 Å². The number of anilines is 1. The Hall–Kier alpha value is -1.52. The van der Waals surface area contributed by atoms with Crippen LogP contribution in [-0.4, -0.2) is 109 Å². The number of phosphoric ester groups is 1. The van der Waals surface area contributed by atoms with Gasteiger partial charge in [0.2, 0.25) is 0 Å². The van der Waals surface area contributed by atoms with Gasteiger partial charge < -0.3 is 35.4 Å². The summed E-state index contributed by atoms with van der Waals surface area (Å²) in [4.78, 5) is 39.3. The SMILES string of the molecule is C=CS(=O)(=O)CCCCCCS(=O)(=O)CCSc1nc2c(N)ncnc2n1C1O[C@@H](COP(=O)(O)OP(=O)(O)O)[C@H](O)[C@@H]1O. The van der Waals surface area contributed by atoms with Crippen LogP contribution in [0.1, 0.15) is 31.9 Å². The molecular weight excluding hydrogens is 692 g/mol. The summed E-state index contributed by atoms with van der Waals surface area (Å²) < 4.78 is 85.9. The van der Waals surface area contributed by atoms with E-state index in [0.717, 1.165) is 23.5 Å². The molecule has 24 heteroatoms. The minimum absolute atomic E-state index is 0.00187. The lowest BCUT2D eigenvalue weighted by atomic mass is 10.1. The molecule has 1 fully saturated rings. The van der Waals surface area contributed by atoms with E-state index in [9.17, 15) is 41.1 Å². The molecule has 2 aromatic heterocycles. The first kappa shape index (κ1) is 36.9. The number of thioether (sulfide) groups is 1. The maximum Gasteiger partial charge on any atom is 0.481 e. The molecule has 0 bridgehead atoms. The summed E-state index contributed by atoms with van der Waals surface area (Å²) in [6.07, 6.45) is -3.48. The molecule has 250 valence electrons. The maximum atomic E-state index is 12.6. The van der Waals surface area contributed by atoms with Gasteiger partial charge in [0.25, 0.3) is 0 Å². The van der Waals surface area contributed by atoms with Crippen molar-refractivity contribution in [1.82, 2.24) is 19.5 Å². The zero-order chi connectivity index (χ0) is 32.9. The molecule has 44 heavy (non-hydrogen) atoms. The smallest absolute Gasteiger partial charge is 0.387 e. The highest BCUT2D eigenvalue weighted by atomic mass is 32.2. The number of aliphatic hydroxyl groups excluding tert-OH is 2. The molecule has 19 nitrogen and oxygen atoms in total. The Bertz CT molecular complexity index is 1630. The van der Waals surface area contributed by atoms with E-state index < -0.39 is 66.5 Å². The van der Waals surface area contributed by atoms with Crippen molar-refractivity contribution in [3.05, 3.63) is 18.3 Å². The van der Waals surface area contributed by atoms with Gasteiger partial charge in [0.15, 0.2) is 48.0 Å². The fourth-order valence-corrected chi connectivity index (χ4v) is 9.30. The van der Waals surface area contributed by atoms with Crippen LogP contribution in [0.3, 0.4) is 0 Å². The number of imidazole rings is 1. The number of fused-ring (bicyclic) bond motifs is 1. The summed E-state index contributed by atoms with van der Waals surface area (Å²) in [7, 11) is -17.5. The summed E-state index contributed by atoms with van der Waals surface area (Å²) in [6, 6.07) is 0. The Morgan fingerprint density at radius 1 is 1.05 bits per heavy atom. The van der Waals surface area contributed by atoms with Crippen LogP contribution < -0.4 is 5.73 Å². The molecule has 0 radical (unpaired) electrons. The van der Waals surface area contributed by atoms with E-state index in [4.69, 9.17) is 20.3 Å². The van der Waals surface area contributed by atoms with E-state index in [2.05, 4.69) is 30.4 Å². The van der Waals surface area contributed by atoms with Gasteiger partial charge in [-0.15, -0.1) is 0 Å². The first-order valence-corrected chi connectivity index (χ1v) is 20.3. The zero-order valence-corrected chi connectivity index (χ0v) is 27.2. The van der Waals surface area contributed by atoms with Crippen LogP contribution >= 0.6 is 27.4 Å². The molecule has 1 aliphatic rings. The average Bonchev–Trinajstić information content (AvgIpc) is 3.40. The molecule has 3 heterocycles. The third kappa shape index (κ3) is 10.5. The van der Waals surface area contributed by atoms with Crippen molar-refractivity contribution in [3.63, 3.8) is 0 Å². The van der Waals surface area contributed by atoms with Crippen molar-refractivity contribution < 1.29 is 64.4 Å². The fourth-order valence-electron chi connectivity index (χ4n) is 4.07. The van der Waals surface area contributed by atoms with E-state index in [1.807, 2.05) is 0 Å². The zero-order valence-electron chi connectivity index (χ0n) is 22.9. The number of rotatable bonds is 18. The van der Waals surface area contributed by atoms with Crippen molar-refractivity contribution in [1.29, 1.82) is 0 Å². The number of nitrogens with two attached hydrogens (primary N) is 1. The standard InChI is InChI=1S/C20H33N5O14P2S3/c1-2-43(33,34)8-5-3-4-6-9-44(35,36)10-7-42-20-24-14-17(21)22-12-23-18(14)25(20)19-16(27)15(26)13(38-19)11-37-41(31,32)39-40(28,29)30/h2,12-13,15-16,19,26-27H,1,3-11H2,(H,31,32)(H2,21,22,23)(H2,28,29,30)/t13-,15-,16-,19?/m0/s1. The van der Waals surface area contributed by atoms with Gasteiger partial charge >= 0.3 is 15.6 Å². The Labute approximate surface area is 256 Å². The Kier molecular flexibility index (Phi) is 12.5. The fraction of sp³-hybridized carbons (Fsp3) is 0.650. The highest BCUT2D eigenvalue weighted by Crippen LogP contribution is 2.57. The highest BCUT2D eigenvalue weighted by molar-refractivity contribution is 8.00. The number of aliphatic hydroxyl groups is 2. The number of unbranched alkanes of at least 4 members (excludes halogenated alkanes) is 3. The van der Waals surface area contributed by atoms with Gasteiger partial charge in [0.1, 0.15) is 24.6 Å². The lowest BCUT2D eigenvalue weighted by Gasteiger charge is -2.19. The molecule has 0 amide bonds. The molecule has 2 unspecified atom stereocenters. The van der Waals surface area contributed by atoms with Crippen LogP contribution in [0.15, 0.2) is 23.5 Å². The summed E-state index contributed by atoms with van der Waals surface area (Å²) in [5, 5.41) is 22.2. The number of nitrogens with zero attached hydrogens (tertiary/aromatic N) is 4. The number of aromatic nitrogens is 4.